The fraction of sp³-hybridized carbons (Fsp3) is 0.357. The number of alkyl halides is 1. The van der Waals surface area contributed by atoms with E-state index in [1.807, 2.05) is 0 Å². The topological polar surface area (TPSA) is 20.5 Å². The minimum atomic E-state index is 0.664. The molecule has 6 heteroatoms. The Balaban J connectivity index is 1.75. The molecule has 104 valence electrons. The van der Waals surface area contributed by atoms with Crippen LogP contribution in [0, 0.1) is 0 Å². The van der Waals surface area contributed by atoms with Gasteiger partial charge in [0.1, 0.15) is 0 Å². The minimum absolute atomic E-state index is 0.664. The van der Waals surface area contributed by atoms with Crippen molar-refractivity contribution in [2.24, 2.45) is 0 Å². The first-order valence-corrected chi connectivity index (χ1v) is 9.59. The zero-order valence-corrected chi connectivity index (χ0v) is 14.0. The third-order valence-corrected chi connectivity index (χ3v) is 5.68. The molecule has 1 aliphatic carbocycles. The summed E-state index contributed by atoms with van der Waals surface area (Å²) in [5.74, 6) is 1.16. The predicted octanol–water partition coefficient (Wildman–Crippen LogP) is 4.52. The predicted molar refractivity (Wildman–Crippen MR) is 89.2 cm³/mol. The number of nitrogens with zero attached hydrogens (tertiary/aromatic N) is 3. The molecule has 0 radical (unpaired) electrons. The average molecular weight is 368 g/mol. The van der Waals surface area contributed by atoms with Crippen LogP contribution in [0.2, 0.25) is 0 Å². The number of halogens is 1. The Kier molecular flexibility index (Phi) is 3.32. The number of fused-ring (bicyclic) bond motifs is 1. The Morgan fingerprint density at radius 1 is 1.40 bits per heavy atom. The van der Waals surface area contributed by atoms with Crippen LogP contribution in [-0.4, -0.2) is 15.4 Å². The zero-order valence-electron chi connectivity index (χ0n) is 10.8. The van der Waals surface area contributed by atoms with E-state index in [4.69, 9.17) is 4.98 Å². The lowest BCUT2D eigenvalue weighted by Gasteiger charge is -2.23. The fourth-order valence-electron chi connectivity index (χ4n) is 2.52. The summed E-state index contributed by atoms with van der Waals surface area (Å²) >= 11 is 7.10. The molecule has 0 aliphatic heterocycles. The Labute approximate surface area is 134 Å². The summed E-state index contributed by atoms with van der Waals surface area (Å²) in [6.07, 6.45) is 4.69. The summed E-state index contributed by atoms with van der Waals surface area (Å²) in [5.41, 5.74) is 2.65. The molecular weight excluding hydrogens is 354 g/mol. The van der Waals surface area contributed by atoms with Crippen LogP contribution < -0.4 is 4.90 Å². The lowest BCUT2D eigenvalue weighted by Crippen LogP contribution is -2.26. The fourth-order valence-corrected chi connectivity index (χ4v) is 4.43. The Hall–Kier alpha value is -0.850. The lowest BCUT2D eigenvalue weighted by atomic mass is 10.3. The van der Waals surface area contributed by atoms with Crippen molar-refractivity contribution in [3.8, 4) is 0 Å². The first kappa shape index (κ1) is 12.9. The number of hydrogen-bond donors (Lipinski definition) is 0. The number of aromatic nitrogens is 2. The van der Waals surface area contributed by atoms with Gasteiger partial charge in [0, 0.05) is 29.5 Å². The van der Waals surface area contributed by atoms with Crippen molar-refractivity contribution in [1.82, 2.24) is 9.38 Å². The van der Waals surface area contributed by atoms with Gasteiger partial charge in [0.25, 0.3) is 0 Å². The Morgan fingerprint density at radius 3 is 3.00 bits per heavy atom. The van der Waals surface area contributed by atoms with Gasteiger partial charge < -0.3 is 4.90 Å². The summed E-state index contributed by atoms with van der Waals surface area (Å²) in [6, 6.07) is 2.88. The van der Waals surface area contributed by atoms with Crippen molar-refractivity contribution in [2.45, 2.75) is 30.8 Å². The number of anilines is 1. The smallest absolute Gasteiger partial charge is 0.195 e. The highest BCUT2D eigenvalue weighted by atomic mass is 79.9. The second kappa shape index (κ2) is 5.16. The molecule has 3 aromatic heterocycles. The number of rotatable bonds is 5. The van der Waals surface area contributed by atoms with Crippen LogP contribution in [0.4, 0.5) is 5.82 Å². The Morgan fingerprint density at radius 2 is 2.30 bits per heavy atom. The highest BCUT2D eigenvalue weighted by molar-refractivity contribution is 9.08. The molecular formula is C14H14BrN3S2. The van der Waals surface area contributed by atoms with E-state index in [-0.39, 0.29) is 0 Å². The van der Waals surface area contributed by atoms with Crippen molar-refractivity contribution >= 4 is 49.4 Å². The molecule has 0 saturated heterocycles. The highest BCUT2D eigenvalue weighted by Crippen LogP contribution is 2.36. The maximum absolute atomic E-state index is 4.87. The first-order valence-electron chi connectivity index (χ1n) is 6.65. The molecule has 3 nitrogen and oxygen atoms in total. The third-order valence-electron chi connectivity index (χ3n) is 3.66. The molecule has 3 aromatic rings. The van der Waals surface area contributed by atoms with Crippen LogP contribution in [0.25, 0.3) is 4.96 Å². The minimum Gasteiger partial charge on any atom is -0.348 e. The van der Waals surface area contributed by atoms with Crippen LogP contribution in [0.5, 0.6) is 0 Å². The van der Waals surface area contributed by atoms with Crippen molar-refractivity contribution in [3.63, 3.8) is 0 Å². The van der Waals surface area contributed by atoms with Crippen molar-refractivity contribution in [2.75, 3.05) is 4.90 Å². The molecule has 3 heterocycles. The molecule has 4 rings (SSSR count). The van der Waals surface area contributed by atoms with E-state index in [0.29, 0.717) is 6.04 Å². The summed E-state index contributed by atoms with van der Waals surface area (Å²) in [7, 11) is 0. The van der Waals surface area contributed by atoms with Gasteiger partial charge in [-0.3, -0.25) is 4.40 Å². The van der Waals surface area contributed by atoms with E-state index in [1.54, 1.807) is 22.7 Å². The first-order chi connectivity index (χ1) is 9.86. The van der Waals surface area contributed by atoms with Crippen LogP contribution in [-0.2, 0) is 11.9 Å². The summed E-state index contributed by atoms with van der Waals surface area (Å²) < 4.78 is 2.21. The number of thiazole rings is 1. The second-order valence-electron chi connectivity index (χ2n) is 5.06. The average Bonchev–Trinajstić information content (AvgIpc) is 2.88. The van der Waals surface area contributed by atoms with E-state index in [2.05, 4.69) is 53.6 Å². The molecule has 0 N–H and O–H groups in total. The molecule has 0 aromatic carbocycles. The second-order valence-corrected chi connectivity index (χ2v) is 7.28. The van der Waals surface area contributed by atoms with Crippen LogP contribution in [0.15, 0.2) is 28.4 Å². The quantitative estimate of drug-likeness (QED) is 0.617. The lowest BCUT2D eigenvalue weighted by molar-refractivity contribution is 0.779. The molecule has 1 fully saturated rings. The van der Waals surface area contributed by atoms with Gasteiger partial charge in [-0.25, -0.2) is 4.98 Å². The van der Waals surface area contributed by atoms with E-state index in [0.717, 1.165) is 22.7 Å². The van der Waals surface area contributed by atoms with Crippen molar-refractivity contribution in [1.29, 1.82) is 0 Å². The zero-order chi connectivity index (χ0) is 13.5. The monoisotopic (exact) mass is 367 g/mol. The van der Waals surface area contributed by atoms with Gasteiger partial charge in [0.2, 0.25) is 0 Å². The molecule has 1 saturated carbocycles. The van der Waals surface area contributed by atoms with Gasteiger partial charge in [0.05, 0.1) is 5.69 Å². The maximum Gasteiger partial charge on any atom is 0.195 e. The standard InChI is InChI=1S/C14H14BrN3S2/c15-7-12-13(16-14-17(12)4-6-20-14)18(11-1-2-11)8-10-3-5-19-9-10/h3-6,9,11H,1-2,7-8H2. The van der Waals surface area contributed by atoms with Gasteiger partial charge in [-0.1, -0.05) is 15.9 Å². The molecule has 0 atom stereocenters. The SMILES string of the molecule is BrCc1c(N(Cc2ccsc2)C2CC2)nc2sccn12. The van der Waals surface area contributed by atoms with Gasteiger partial charge >= 0.3 is 0 Å². The van der Waals surface area contributed by atoms with E-state index >= 15 is 0 Å². The van der Waals surface area contributed by atoms with Gasteiger partial charge in [-0.05, 0) is 35.2 Å². The van der Waals surface area contributed by atoms with Gasteiger partial charge in [-0.15, -0.1) is 11.3 Å². The van der Waals surface area contributed by atoms with Gasteiger partial charge in [-0.2, -0.15) is 11.3 Å². The molecule has 0 spiro atoms. The van der Waals surface area contributed by atoms with Crippen molar-refractivity contribution in [3.05, 3.63) is 39.7 Å². The maximum atomic E-state index is 4.87. The summed E-state index contributed by atoms with van der Waals surface area (Å²) in [5, 5.41) is 7.32. The van der Waals surface area contributed by atoms with E-state index in [1.165, 1.54) is 24.1 Å². The summed E-state index contributed by atoms with van der Waals surface area (Å²) in [4.78, 5) is 8.44. The number of hydrogen-bond acceptors (Lipinski definition) is 4. The molecule has 0 unspecified atom stereocenters. The van der Waals surface area contributed by atoms with E-state index in [9.17, 15) is 0 Å². The molecule has 0 bridgehead atoms. The Bertz CT molecular complexity index is 712. The van der Waals surface area contributed by atoms with Crippen LogP contribution in [0.3, 0.4) is 0 Å². The molecule has 0 amide bonds. The van der Waals surface area contributed by atoms with Crippen LogP contribution >= 0.6 is 38.6 Å². The molecule has 1 aliphatic rings. The summed E-state index contributed by atoms with van der Waals surface area (Å²) in [6.45, 7) is 0.971. The largest absolute Gasteiger partial charge is 0.348 e. The van der Waals surface area contributed by atoms with Crippen LogP contribution in [0.1, 0.15) is 24.1 Å². The van der Waals surface area contributed by atoms with E-state index < -0.39 is 0 Å². The highest BCUT2D eigenvalue weighted by Gasteiger charge is 2.32. The van der Waals surface area contributed by atoms with Crippen molar-refractivity contribution < 1.29 is 0 Å². The normalized spacial score (nSPS) is 15.1. The number of thiophene rings is 1. The number of imidazole rings is 1. The van der Waals surface area contributed by atoms with Gasteiger partial charge in [0.15, 0.2) is 10.8 Å². The third kappa shape index (κ3) is 2.19. The molecule has 20 heavy (non-hydrogen) atoms.